The quantitative estimate of drug-likeness (QED) is 0.243. The second-order valence-corrected chi connectivity index (χ2v) is 19.9. The smallest absolute Gasteiger partial charge is 0.415 e. The van der Waals surface area contributed by atoms with Crippen LogP contribution in [0.15, 0.2) is 27.7 Å². The summed E-state index contributed by atoms with van der Waals surface area (Å²) < 4.78 is 41.9. The minimum absolute atomic E-state index is 0.109. The number of carboxylic acid groups (broad SMARTS) is 1. The van der Waals surface area contributed by atoms with E-state index in [1.54, 1.807) is 19.2 Å². The lowest BCUT2D eigenvalue weighted by Gasteiger charge is -2.42. The molecule has 1 heterocycles. The number of thioether (sulfide) groups is 1. The molecule has 1 amide bonds. The largest absolute Gasteiger partial charge is 0.465 e. The van der Waals surface area contributed by atoms with Crippen molar-refractivity contribution in [2.75, 3.05) is 27.0 Å². The molecule has 202 valence electrons. The molecule has 6 nitrogen and oxygen atoms in total. The topological polar surface area (TPSA) is 71.4 Å². The van der Waals surface area contributed by atoms with Gasteiger partial charge in [0, 0.05) is 43.2 Å². The van der Waals surface area contributed by atoms with Gasteiger partial charge in [0.2, 0.25) is 0 Å². The summed E-state index contributed by atoms with van der Waals surface area (Å²) in [5.41, 5.74) is -2.06. The Balaban J connectivity index is 2.14. The van der Waals surface area contributed by atoms with E-state index in [0.29, 0.717) is 17.5 Å². The van der Waals surface area contributed by atoms with Crippen molar-refractivity contribution in [3.05, 3.63) is 34.1 Å². The molecule has 4 atom stereocenters. The molecule has 0 saturated heterocycles. The highest BCUT2D eigenvalue weighted by Gasteiger charge is 2.69. The molecule has 2 aliphatic rings. The Kier molecular flexibility index (Phi) is 8.72. The first-order valence-electron chi connectivity index (χ1n) is 12.0. The van der Waals surface area contributed by atoms with E-state index in [2.05, 4.69) is 35.6 Å². The molecule has 1 unspecified atom stereocenters. The van der Waals surface area contributed by atoms with E-state index in [-0.39, 0.29) is 23.3 Å². The molecule has 0 aromatic heterocycles. The molecule has 1 aliphatic carbocycles. The number of methoxy groups -OCH3 is 1. The summed E-state index contributed by atoms with van der Waals surface area (Å²) in [7, 11) is 0.120. The van der Waals surface area contributed by atoms with Gasteiger partial charge in [0.1, 0.15) is 24.3 Å². The number of carbonyl (C=O) groups is 1. The predicted octanol–water partition coefficient (Wildman–Crippen LogP) is 6.97. The van der Waals surface area contributed by atoms with Crippen LogP contribution in [0.2, 0.25) is 25.7 Å². The van der Waals surface area contributed by atoms with E-state index >= 15 is 8.78 Å². The molecule has 0 spiro atoms. The van der Waals surface area contributed by atoms with Gasteiger partial charge in [0.15, 0.2) is 5.17 Å². The van der Waals surface area contributed by atoms with Crippen molar-refractivity contribution < 1.29 is 28.2 Å². The highest BCUT2D eigenvalue weighted by atomic mass is 79.9. The van der Waals surface area contributed by atoms with Crippen LogP contribution in [0.5, 0.6) is 0 Å². The van der Waals surface area contributed by atoms with Gasteiger partial charge in [0.05, 0.1) is 11.4 Å². The third-order valence-electron chi connectivity index (χ3n) is 6.69. The standard InChI is InChI=1S/C25H37BrF2N2O4SSi/c1-23(2,3)20(34-10-11-36(5,6)7)30(22(31)32)21-29-25(14-27,17-12-16(26)8-9-18(17)28)19-13-24(19,35-21)15-33-4/h8-9,12,19-20H,10-11,13-15H2,1-7H3,(H,31,32)/t19-,20?,24-,25-/m1/s1. The number of hydrogen-bond donors (Lipinski definition) is 1. The Morgan fingerprint density at radius 1 is 1.39 bits per heavy atom. The van der Waals surface area contributed by atoms with Crippen LogP contribution in [0.4, 0.5) is 13.6 Å². The van der Waals surface area contributed by atoms with Crippen LogP contribution in [0.25, 0.3) is 0 Å². The van der Waals surface area contributed by atoms with Crippen molar-refractivity contribution in [1.82, 2.24) is 4.90 Å². The molecule has 1 saturated carbocycles. The lowest BCUT2D eigenvalue weighted by atomic mass is 9.85. The molecule has 1 aliphatic heterocycles. The molecule has 0 bridgehead atoms. The average molecular weight is 608 g/mol. The third kappa shape index (κ3) is 6.00. The zero-order valence-electron chi connectivity index (χ0n) is 22.0. The molecule has 1 aromatic rings. The van der Waals surface area contributed by atoms with Crippen LogP contribution < -0.4 is 0 Å². The van der Waals surface area contributed by atoms with Crippen molar-refractivity contribution in [2.45, 2.75) is 69.4 Å². The van der Waals surface area contributed by atoms with Gasteiger partial charge in [0.25, 0.3) is 0 Å². The van der Waals surface area contributed by atoms with E-state index in [4.69, 9.17) is 14.5 Å². The fraction of sp³-hybridized carbons (Fsp3) is 0.680. The van der Waals surface area contributed by atoms with Gasteiger partial charge in [-0.1, -0.05) is 68.1 Å². The fourth-order valence-electron chi connectivity index (χ4n) is 4.74. The van der Waals surface area contributed by atoms with Crippen LogP contribution in [-0.2, 0) is 15.0 Å². The summed E-state index contributed by atoms with van der Waals surface area (Å²) >= 11 is 4.64. The van der Waals surface area contributed by atoms with E-state index < -0.39 is 48.6 Å². The highest BCUT2D eigenvalue weighted by molar-refractivity contribution is 9.10. The summed E-state index contributed by atoms with van der Waals surface area (Å²) in [6.45, 7) is 12.1. The van der Waals surface area contributed by atoms with E-state index in [1.807, 2.05) is 20.8 Å². The van der Waals surface area contributed by atoms with Gasteiger partial charge < -0.3 is 14.6 Å². The van der Waals surface area contributed by atoms with E-state index in [1.165, 1.54) is 17.8 Å². The molecule has 1 aromatic carbocycles. The van der Waals surface area contributed by atoms with Crippen molar-refractivity contribution in [2.24, 2.45) is 16.3 Å². The molecule has 0 radical (unpaired) electrons. The van der Waals surface area contributed by atoms with E-state index in [9.17, 15) is 9.90 Å². The number of nitrogens with zero attached hydrogens (tertiary/aromatic N) is 2. The van der Waals surface area contributed by atoms with Gasteiger partial charge >= 0.3 is 6.09 Å². The molecule has 1 N–H and O–H groups in total. The first kappa shape index (κ1) is 29.5. The SMILES string of the molecule is COC[C@]12C[C@H]1[C@@](CF)(c1cc(Br)ccc1F)N=C(N(C(=O)O)C(OCC[Si](C)(C)C)C(C)(C)C)S2. The average Bonchev–Trinajstić information content (AvgIpc) is 3.47. The minimum Gasteiger partial charge on any atom is -0.465 e. The summed E-state index contributed by atoms with van der Waals surface area (Å²) in [5.74, 6) is -0.922. The number of hydrogen-bond acceptors (Lipinski definition) is 5. The molecule has 36 heavy (non-hydrogen) atoms. The number of halogens is 3. The van der Waals surface area contributed by atoms with Crippen LogP contribution >= 0.6 is 27.7 Å². The minimum atomic E-state index is -1.57. The van der Waals surface area contributed by atoms with Crippen LogP contribution in [-0.4, -0.2) is 67.3 Å². The van der Waals surface area contributed by atoms with Gasteiger partial charge in [-0.25, -0.2) is 23.5 Å². The predicted molar refractivity (Wildman–Crippen MR) is 147 cm³/mol. The molecular formula is C25H37BrF2N2O4SSi. The Hall–Kier alpha value is -1.01. The third-order valence-corrected chi connectivity index (χ3v) is 10.3. The zero-order valence-corrected chi connectivity index (χ0v) is 25.4. The Labute approximate surface area is 226 Å². The second-order valence-electron chi connectivity index (χ2n) is 12.0. The number of rotatable bonds is 9. The lowest BCUT2D eigenvalue weighted by Crippen LogP contribution is -2.54. The first-order chi connectivity index (χ1) is 16.6. The number of amides is 1. The van der Waals surface area contributed by atoms with Gasteiger partial charge in [-0.15, -0.1) is 0 Å². The van der Waals surface area contributed by atoms with Crippen molar-refractivity contribution >= 4 is 47.0 Å². The Bertz CT molecular complexity index is 1020. The molecular weight excluding hydrogens is 570 g/mol. The lowest BCUT2D eigenvalue weighted by molar-refractivity contribution is -0.0762. The number of aliphatic imine (C=N–C) groups is 1. The molecule has 3 rings (SSSR count). The highest BCUT2D eigenvalue weighted by Crippen LogP contribution is 2.67. The van der Waals surface area contributed by atoms with Crippen LogP contribution in [0.3, 0.4) is 0 Å². The monoisotopic (exact) mass is 606 g/mol. The summed E-state index contributed by atoms with van der Waals surface area (Å²) in [6.07, 6.45) is -1.58. The van der Waals surface area contributed by atoms with Crippen molar-refractivity contribution in [3.8, 4) is 0 Å². The van der Waals surface area contributed by atoms with Gasteiger partial charge in [-0.05, 0) is 30.7 Å². The maximum absolute atomic E-state index is 15.2. The summed E-state index contributed by atoms with van der Waals surface area (Å²) in [4.78, 5) is 18.6. The molecule has 1 fully saturated rings. The number of ether oxygens (including phenoxy) is 2. The second kappa shape index (κ2) is 10.6. The Morgan fingerprint density at radius 3 is 2.58 bits per heavy atom. The van der Waals surface area contributed by atoms with Gasteiger partial charge in [-0.3, -0.25) is 0 Å². The van der Waals surface area contributed by atoms with E-state index in [0.717, 1.165) is 10.9 Å². The number of alkyl halides is 1. The maximum atomic E-state index is 15.2. The van der Waals surface area contributed by atoms with Gasteiger partial charge in [-0.2, -0.15) is 0 Å². The van der Waals surface area contributed by atoms with Crippen LogP contribution in [0, 0.1) is 17.2 Å². The van der Waals surface area contributed by atoms with Crippen LogP contribution in [0.1, 0.15) is 32.8 Å². The maximum Gasteiger partial charge on any atom is 0.415 e. The normalized spacial score (nSPS) is 26.7. The van der Waals surface area contributed by atoms with Crippen molar-refractivity contribution in [3.63, 3.8) is 0 Å². The Morgan fingerprint density at radius 2 is 2.06 bits per heavy atom. The molecule has 11 heteroatoms. The fourth-order valence-corrected chi connectivity index (χ4v) is 7.44. The number of benzene rings is 1. The number of fused-ring (bicyclic) bond motifs is 1. The first-order valence-corrected chi connectivity index (χ1v) is 17.3. The van der Waals surface area contributed by atoms with Crippen molar-refractivity contribution in [1.29, 1.82) is 0 Å². The number of amidine groups is 1. The summed E-state index contributed by atoms with van der Waals surface area (Å²) in [6, 6.07) is 5.23. The summed E-state index contributed by atoms with van der Waals surface area (Å²) in [5, 5.41) is 10.5. The zero-order chi connectivity index (χ0) is 27.1.